The van der Waals surface area contributed by atoms with E-state index >= 15 is 0 Å². The van der Waals surface area contributed by atoms with E-state index in [4.69, 9.17) is 0 Å². The summed E-state index contributed by atoms with van der Waals surface area (Å²) in [7, 11) is 0. The lowest BCUT2D eigenvalue weighted by atomic mass is 10.1. The van der Waals surface area contributed by atoms with Gasteiger partial charge in [0.25, 0.3) is 0 Å². The Morgan fingerprint density at radius 3 is 0.967 bits per heavy atom. The molecule has 4 aliphatic heterocycles. The largest absolute Gasteiger partial charge is 0.545 e. The first kappa shape index (κ1) is 22.8. The molecule has 0 aromatic heterocycles. The van der Waals surface area contributed by atoms with Gasteiger partial charge in [-0.2, -0.15) is 0 Å². The molecule has 6 nitrogen and oxygen atoms in total. The van der Waals surface area contributed by atoms with Gasteiger partial charge in [0.15, 0.2) is 0 Å². The molecule has 0 radical (unpaired) electrons. The first-order chi connectivity index (χ1) is 14.5. The van der Waals surface area contributed by atoms with E-state index in [-0.39, 0.29) is 11.1 Å². The van der Waals surface area contributed by atoms with Crippen molar-refractivity contribution in [2.75, 3.05) is 52.4 Å². The van der Waals surface area contributed by atoms with Gasteiger partial charge in [-0.3, -0.25) is 0 Å². The maximum Gasteiger partial charge on any atom is 0.0788 e. The minimum Gasteiger partial charge on any atom is -0.545 e. The van der Waals surface area contributed by atoms with Crippen LogP contribution in [0, 0.1) is 0 Å². The lowest BCUT2D eigenvalue weighted by molar-refractivity contribution is -0.904. The number of carboxylic acid groups (broad SMARTS) is 2. The molecule has 0 atom stereocenters. The SMILES string of the molecule is C1CC[N+]2(C1)CCCC2.C1CC[N+]2(C1)CCCC2.O=C([O-])c1ccccc1C(=O)[O-]. The Balaban J connectivity index is 0.000000130. The highest BCUT2D eigenvalue weighted by atomic mass is 16.4. The normalized spacial score (nSPS) is 22.9. The molecule has 4 saturated heterocycles. The van der Waals surface area contributed by atoms with Gasteiger partial charge in [0.2, 0.25) is 0 Å². The second kappa shape index (κ2) is 10.4. The minimum absolute atomic E-state index is 0.363. The first-order valence-corrected chi connectivity index (χ1v) is 11.7. The van der Waals surface area contributed by atoms with Crippen LogP contribution in [0.1, 0.15) is 72.1 Å². The van der Waals surface area contributed by atoms with E-state index in [0.29, 0.717) is 0 Å². The zero-order chi connectivity index (χ0) is 21.5. The van der Waals surface area contributed by atoms with Gasteiger partial charge >= 0.3 is 0 Å². The number of carbonyl (C=O) groups excluding carboxylic acids is 2. The van der Waals surface area contributed by atoms with E-state index in [1.807, 2.05) is 0 Å². The molecule has 166 valence electrons. The van der Waals surface area contributed by atoms with Crippen LogP contribution < -0.4 is 10.2 Å². The van der Waals surface area contributed by atoms with Crippen molar-refractivity contribution in [2.45, 2.75) is 51.4 Å². The van der Waals surface area contributed by atoms with Crippen molar-refractivity contribution in [2.24, 2.45) is 0 Å². The molecule has 0 N–H and O–H groups in total. The average molecular weight is 417 g/mol. The van der Waals surface area contributed by atoms with Crippen molar-refractivity contribution in [1.29, 1.82) is 0 Å². The Morgan fingerprint density at radius 2 is 0.767 bits per heavy atom. The summed E-state index contributed by atoms with van der Waals surface area (Å²) in [6, 6.07) is 5.14. The van der Waals surface area contributed by atoms with Crippen molar-refractivity contribution in [3.8, 4) is 0 Å². The quantitative estimate of drug-likeness (QED) is 0.679. The summed E-state index contributed by atoms with van der Waals surface area (Å²) in [5, 5.41) is 20.6. The number of nitrogens with zero attached hydrogens (tertiary/aromatic N) is 2. The maximum atomic E-state index is 10.3. The van der Waals surface area contributed by atoms with E-state index in [9.17, 15) is 19.8 Å². The van der Waals surface area contributed by atoms with Crippen LogP contribution in [0.3, 0.4) is 0 Å². The predicted molar refractivity (Wildman–Crippen MR) is 111 cm³/mol. The summed E-state index contributed by atoms with van der Waals surface area (Å²) < 4.78 is 3.00. The molecule has 4 aliphatic rings. The second-order valence-electron chi connectivity index (χ2n) is 9.42. The van der Waals surface area contributed by atoms with Gasteiger partial charge in [0, 0.05) is 62.5 Å². The van der Waals surface area contributed by atoms with Crippen LogP contribution in [0.4, 0.5) is 0 Å². The molecular formula is C24H36N2O4. The zero-order valence-electron chi connectivity index (χ0n) is 18.2. The molecule has 2 spiro atoms. The molecule has 0 saturated carbocycles. The van der Waals surface area contributed by atoms with Crippen molar-refractivity contribution < 1.29 is 28.8 Å². The van der Waals surface area contributed by atoms with Crippen LogP contribution in [0.5, 0.6) is 0 Å². The predicted octanol–water partition coefficient (Wildman–Crippen LogP) is 1.20. The van der Waals surface area contributed by atoms with Gasteiger partial charge in [0.1, 0.15) is 0 Å². The number of aromatic carboxylic acids is 2. The number of hydrogen-bond donors (Lipinski definition) is 0. The van der Waals surface area contributed by atoms with Gasteiger partial charge in [-0.15, -0.1) is 0 Å². The molecule has 4 heterocycles. The Morgan fingerprint density at radius 1 is 0.533 bits per heavy atom. The van der Waals surface area contributed by atoms with E-state index in [0.717, 1.165) is 12.1 Å². The van der Waals surface area contributed by atoms with E-state index in [1.165, 1.54) is 125 Å². The Kier molecular flexibility index (Phi) is 7.89. The number of hydrogen-bond acceptors (Lipinski definition) is 4. The fourth-order valence-corrected chi connectivity index (χ4v) is 5.76. The third kappa shape index (κ3) is 5.82. The molecule has 5 rings (SSSR count). The Labute approximate surface area is 180 Å². The molecular weight excluding hydrogens is 380 g/mol. The molecule has 1 aromatic rings. The van der Waals surface area contributed by atoms with Crippen molar-refractivity contribution in [3.63, 3.8) is 0 Å². The summed E-state index contributed by atoms with van der Waals surface area (Å²) in [6.07, 6.45) is 12.0. The topological polar surface area (TPSA) is 80.3 Å². The van der Waals surface area contributed by atoms with Gasteiger partial charge < -0.3 is 28.8 Å². The van der Waals surface area contributed by atoms with Crippen LogP contribution in [-0.2, 0) is 0 Å². The summed E-state index contributed by atoms with van der Waals surface area (Å²) in [5.74, 6) is -3.04. The van der Waals surface area contributed by atoms with E-state index < -0.39 is 11.9 Å². The van der Waals surface area contributed by atoms with Gasteiger partial charge in [0.05, 0.1) is 64.3 Å². The minimum atomic E-state index is -1.52. The van der Waals surface area contributed by atoms with Crippen molar-refractivity contribution in [3.05, 3.63) is 35.4 Å². The maximum absolute atomic E-state index is 10.3. The highest BCUT2D eigenvalue weighted by Crippen LogP contribution is 2.26. The fourth-order valence-electron chi connectivity index (χ4n) is 5.76. The Hall–Kier alpha value is -1.92. The fraction of sp³-hybridized carbons (Fsp3) is 0.667. The summed E-state index contributed by atoms with van der Waals surface area (Å²) >= 11 is 0. The second-order valence-corrected chi connectivity index (χ2v) is 9.42. The highest BCUT2D eigenvalue weighted by Gasteiger charge is 2.35. The first-order valence-electron chi connectivity index (χ1n) is 11.7. The number of rotatable bonds is 2. The summed E-state index contributed by atoms with van der Waals surface area (Å²) in [6.45, 7) is 12.0. The summed E-state index contributed by atoms with van der Waals surface area (Å²) in [5.41, 5.74) is -0.727. The highest BCUT2D eigenvalue weighted by molar-refractivity contribution is 5.99. The Bertz CT molecular complexity index is 614. The summed E-state index contributed by atoms with van der Waals surface area (Å²) in [4.78, 5) is 20.6. The van der Waals surface area contributed by atoms with Crippen molar-refractivity contribution >= 4 is 11.9 Å². The molecule has 1 aromatic carbocycles. The zero-order valence-corrected chi connectivity index (χ0v) is 18.2. The molecule has 6 heteroatoms. The third-order valence-corrected chi connectivity index (χ3v) is 7.43. The van der Waals surface area contributed by atoms with E-state index in [2.05, 4.69) is 0 Å². The van der Waals surface area contributed by atoms with Crippen LogP contribution in [0.25, 0.3) is 0 Å². The van der Waals surface area contributed by atoms with Crippen LogP contribution >= 0.6 is 0 Å². The molecule has 30 heavy (non-hydrogen) atoms. The lowest BCUT2D eigenvalue weighted by Gasteiger charge is -2.27. The van der Waals surface area contributed by atoms with Gasteiger partial charge in [-0.25, -0.2) is 0 Å². The molecule has 4 fully saturated rings. The van der Waals surface area contributed by atoms with Gasteiger partial charge in [-0.05, 0) is 0 Å². The number of benzene rings is 1. The number of quaternary nitrogens is 2. The van der Waals surface area contributed by atoms with Crippen LogP contribution in [0.15, 0.2) is 24.3 Å². The number of carbonyl (C=O) groups is 2. The molecule has 0 aliphatic carbocycles. The van der Waals surface area contributed by atoms with Crippen LogP contribution in [-0.4, -0.2) is 73.3 Å². The van der Waals surface area contributed by atoms with Crippen molar-refractivity contribution in [1.82, 2.24) is 0 Å². The monoisotopic (exact) mass is 416 g/mol. The smallest absolute Gasteiger partial charge is 0.0788 e. The molecule has 0 unspecified atom stereocenters. The van der Waals surface area contributed by atoms with Gasteiger partial charge in [-0.1, -0.05) is 24.3 Å². The number of carboxylic acids is 2. The lowest BCUT2D eigenvalue weighted by Crippen LogP contribution is -2.41. The average Bonchev–Trinajstić information content (AvgIpc) is 3.56. The molecule has 0 bridgehead atoms. The standard InChI is InChI=1S/2C8H16N.C8H6O4/c2*1-2-6-9(5-1)7-3-4-8-9;9-7(10)5-3-1-2-4-6(5)8(11)12/h2*1-8H2;1-4H,(H,9,10)(H,11,12)/q2*+1;/p-2. The third-order valence-electron chi connectivity index (χ3n) is 7.43. The van der Waals surface area contributed by atoms with E-state index in [1.54, 1.807) is 0 Å². The van der Waals surface area contributed by atoms with Crippen LogP contribution in [0.2, 0.25) is 0 Å². The molecule has 0 amide bonds.